The number of fused-ring (bicyclic) bond motifs is 1. The van der Waals surface area contributed by atoms with E-state index in [1.54, 1.807) is 41.0 Å². The van der Waals surface area contributed by atoms with Crippen molar-refractivity contribution in [3.8, 4) is 0 Å². The van der Waals surface area contributed by atoms with E-state index >= 15 is 0 Å². The van der Waals surface area contributed by atoms with E-state index in [9.17, 15) is 8.42 Å². The zero-order valence-corrected chi connectivity index (χ0v) is 14.3. The van der Waals surface area contributed by atoms with E-state index in [1.807, 2.05) is 0 Å². The predicted molar refractivity (Wildman–Crippen MR) is 91.8 cm³/mol. The Labute approximate surface area is 144 Å². The van der Waals surface area contributed by atoms with Crippen molar-refractivity contribution in [1.29, 1.82) is 0 Å². The van der Waals surface area contributed by atoms with Crippen molar-refractivity contribution in [3.05, 3.63) is 53.4 Å². The minimum absolute atomic E-state index is 0.0346. The lowest BCUT2D eigenvalue weighted by atomic mass is 9.85. The van der Waals surface area contributed by atoms with E-state index < -0.39 is 10.0 Å². The molecule has 0 saturated heterocycles. The third kappa shape index (κ3) is 2.63. The molecule has 0 spiro atoms. The molecule has 1 aliphatic carbocycles. The molecule has 3 aromatic rings. The van der Waals surface area contributed by atoms with Gasteiger partial charge in [0.25, 0.3) is 10.0 Å². The van der Waals surface area contributed by atoms with E-state index in [4.69, 9.17) is 11.6 Å². The number of rotatable bonds is 4. The second-order valence-corrected chi connectivity index (χ2v) is 7.88. The summed E-state index contributed by atoms with van der Waals surface area (Å²) in [6.45, 7) is 0. The molecule has 0 unspecified atom stereocenters. The van der Waals surface area contributed by atoms with Crippen LogP contribution in [0.4, 0.5) is 5.69 Å². The molecule has 1 fully saturated rings. The first-order valence-corrected chi connectivity index (χ1v) is 9.53. The number of sulfonamides is 1. The summed E-state index contributed by atoms with van der Waals surface area (Å²) < 4.78 is 29.4. The summed E-state index contributed by atoms with van der Waals surface area (Å²) in [4.78, 5) is 4.56. The van der Waals surface area contributed by atoms with Gasteiger partial charge in [-0.05, 0) is 37.1 Å². The van der Waals surface area contributed by atoms with Crippen molar-refractivity contribution in [2.75, 3.05) is 4.72 Å². The van der Waals surface area contributed by atoms with Gasteiger partial charge in [-0.3, -0.25) is 4.72 Å². The maximum Gasteiger partial charge on any atom is 0.263 e. The predicted octanol–water partition coefficient (Wildman–Crippen LogP) is 3.45. The molecule has 124 valence electrons. The van der Waals surface area contributed by atoms with Gasteiger partial charge in [-0.2, -0.15) is 5.10 Å². The molecule has 4 rings (SSSR count). The molecule has 0 aliphatic heterocycles. The normalized spacial score (nSPS) is 15.4. The minimum Gasteiger partial charge on any atom is -0.276 e. The Morgan fingerprint density at radius 1 is 1.17 bits per heavy atom. The molecule has 0 bridgehead atoms. The van der Waals surface area contributed by atoms with Gasteiger partial charge < -0.3 is 0 Å². The SMILES string of the molecule is O=S(=O)(Nc1cccn2nc(C3CCC3)nc12)c1ccccc1Cl. The summed E-state index contributed by atoms with van der Waals surface area (Å²) in [5.74, 6) is 1.14. The molecule has 1 aromatic carbocycles. The monoisotopic (exact) mass is 362 g/mol. The minimum atomic E-state index is -3.80. The average Bonchev–Trinajstić information content (AvgIpc) is 2.90. The van der Waals surface area contributed by atoms with Gasteiger partial charge in [-0.1, -0.05) is 30.2 Å². The molecule has 1 aliphatic rings. The number of hydrogen-bond donors (Lipinski definition) is 1. The summed E-state index contributed by atoms with van der Waals surface area (Å²) in [6, 6.07) is 9.73. The lowest BCUT2D eigenvalue weighted by molar-refractivity contribution is 0.402. The van der Waals surface area contributed by atoms with Crippen LogP contribution in [-0.4, -0.2) is 23.0 Å². The molecule has 2 heterocycles. The maximum atomic E-state index is 12.6. The van der Waals surface area contributed by atoms with Crippen LogP contribution in [0.5, 0.6) is 0 Å². The van der Waals surface area contributed by atoms with Gasteiger partial charge in [-0.25, -0.2) is 17.9 Å². The largest absolute Gasteiger partial charge is 0.276 e. The summed E-state index contributed by atoms with van der Waals surface area (Å²) in [7, 11) is -3.80. The number of nitrogens with one attached hydrogen (secondary N) is 1. The quantitative estimate of drug-likeness (QED) is 0.771. The number of pyridine rings is 1. The highest BCUT2D eigenvalue weighted by Crippen LogP contribution is 2.35. The van der Waals surface area contributed by atoms with Crippen LogP contribution in [0.1, 0.15) is 31.0 Å². The van der Waals surface area contributed by atoms with Crippen molar-refractivity contribution in [1.82, 2.24) is 14.6 Å². The fourth-order valence-corrected chi connectivity index (χ4v) is 4.29. The molecule has 2 aromatic heterocycles. The van der Waals surface area contributed by atoms with Gasteiger partial charge in [0.2, 0.25) is 0 Å². The van der Waals surface area contributed by atoms with Crippen molar-refractivity contribution in [2.24, 2.45) is 0 Å². The Bertz CT molecular complexity index is 1010. The highest BCUT2D eigenvalue weighted by molar-refractivity contribution is 7.92. The first kappa shape index (κ1) is 15.4. The fraction of sp³-hybridized carbons (Fsp3) is 0.250. The van der Waals surface area contributed by atoms with E-state index in [0.717, 1.165) is 18.7 Å². The molecule has 0 amide bonds. The van der Waals surface area contributed by atoms with Gasteiger partial charge in [0.1, 0.15) is 4.90 Å². The second-order valence-electron chi connectivity index (χ2n) is 5.82. The van der Waals surface area contributed by atoms with Crippen LogP contribution in [0.2, 0.25) is 5.02 Å². The van der Waals surface area contributed by atoms with E-state index in [0.29, 0.717) is 17.3 Å². The Hall–Kier alpha value is -2.12. The van der Waals surface area contributed by atoms with Crippen LogP contribution in [-0.2, 0) is 10.0 Å². The van der Waals surface area contributed by atoms with Gasteiger partial charge in [-0.15, -0.1) is 0 Å². The average molecular weight is 363 g/mol. The Kier molecular flexibility index (Phi) is 3.69. The van der Waals surface area contributed by atoms with Crippen LogP contribution in [0.25, 0.3) is 5.65 Å². The summed E-state index contributed by atoms with van der Waals surface area (Å²) in [5.41, 5.74) is 0.880. The highest BCUT2D eigenvalue weighted by Gasteiger charge is 2.25. The fourth-order valence-electron chi connectivity index (χ4n) is 2.70. The molecule has 24 heavy (non-hydrogen) atoms. The molecule has 0 radical (unpaired) electrons. The number of aromatic nitrogens is 3. The Morgan fingerprint density at radius 2 is 1.96 bits per heavy atom. The van der Waals surface area contributed by atoms with Crippen molar-refractivity contribution >= 4 is 33.0 Å². The first-order valence-electron chi connectivity index (χ1n) is 7.67. The standard InChI is InChI=1S/C16H15ClN4O2S/c17-12-7-1-2-9-14(12)24(22,23)20-13-8-4-10-21-16(13)18-15(19-21)11-5-3-6-11/h1-2,4,7-11,20H,3,5-6H2. The summed E-state index contributed by atoms with van der Waals surface area (Å²) >= 11 is 6.01. The van der Waals surface area contributed by atoms with Crippen LogP contribution < -0.4 is 4.72 Å². The lowest BCUT2D eigenvalue weighted by Gasteiger charge is -2.21. The third-order valence-corrected chi connectivity index (χ3v) is 6.08. The molecular formula is C16H15ClN4O2S. The molecular weight excluding hydrogens is 348 g/mol. The Morgan fingerprint density at radius 3 is 2.67 bits per heavy atom. The number of hydrogen-bond acceptors (Lipinski definition) is 4. The summed E-state index contributed by atoms with van der Waals surface area (Å²) in [6.07, 6.45) is 5.11. The van der Waals surface area contributed by atoms with Crippen molar-refractivity contribution in [2.45, 2.75) is 30.1 Å². The zero-order chi connectivity index (χ0) is 16.7. The zero-order valence-electron chi connectivity index (χ0n) is 12.7. The third-order valence-electron chi connectivity index (χ3n) is 4.22. The molecule has 6 nitrogen and oxygen atoms in total. The number of anilines is 1. The smallest absolute Gasteiger partial charge is 0.263 e. The van der Waals surface area contributed by atoms with Gasteiger partial charge in [0, 0.05) is 12.1 Å². The van der Waals surface area contributed by atoms with E-state index in [-0.39, 0.29) is 9.92 Å². The number of nitrogens with zero attached hydrogens (tertiary/aromatic N) is 3. The van der Waals surface area contributed by atoms with Crippen LogP contribution in [0.3, 0.4) is 0 Å². The first-order chi connectivity index (χ1) is 11.5. The van der Waals surface area contributed by atoms with Gasteiger partial charge in [0.15, 0.2) is 11.5 Å². The summed E-state index contributed by atoms with van der Waals surface area (Å²) in [5, 5.41) is 4.63. The molecule has 1 saturated carbocycles. The molecule has 1 N–H and O–H groups in total. The van der Waals surface area contributed by atoms with Gasteiger partial charge in [0.05, 0.1) is 10.7 Å². The van der Waals surface area contributed by atoms with Crippen LogP contribution in [0, 0.1) is 0 Å². The van der Waals surface area contributed by atoms with Crippen LogP contribution in [0.15, 0.2) is 47.5 Å². The van der Waals surface area contributed by atoms with E-state index in [1.165, 1.54) is 12.5 Å². The lowest BCUT2D eigenvalue weighted by Crippen LogP contribution is -2.14. The number of halogens is 1. The molecule has 0 atom stereocenters. The van der Waals surface area contributed by atoms with Crippen molar-refractivity contribution in [3.63, 3.8) is 0 Å². The van der Waals surface area contributed by atoms with Crippen molar-refractivity contribution < 1.29 is 8.42 Å². The Balaban J connectivity index is 1.74. The maximum absolute atomic E-state index is 12.6. The van der Waals surface area contributed by atoms with Crippen LogP contribution >= 0.6 is 11.6 Å². The highest BCUT2D eigenvalue weighted by atomic mass is 35.5. The van der Waals surface area contributed by atoms with Gasteiger partial charge >= 0.3 is 0 Å². The van der Waals surface area contributed by atoms with E-state index in [2.05, 4.69) is 14.8 Å². The second kappa shape index (κ2) is 5.75. The molecule has 8 heteroatoms. The topological polar surface area (TPSA) is 76.4 Å². The number of benzene rings is 1.